The Kier molecular flexibility index (Phi) is 6.38. The monoisotopic (exact) mass is 522 g/mol. The number of aromatic nitrogens is 3. The van der Waals surface area contributed by atoms with Gasteiger partial charge in [-0.15, -0.1) is 0 Å². The van der Waals surface area contributed by atoms with E-state index in [0.29, 0.717) is 43.0 Å². The molecule has 1 aromatic carbocycles. The molecule has 0 bridgehead atoms. The molecule has 1 saturated heterocycles. The maximum absolute atomic E-state index is 15.0. The SMILES string of the molecule is COc1c(NC(=O)c2ccc(N3CCN(C(=O)OC(C)(C)C)CC3)c3cc[nH]c23)cn2cc(C)nc2c1F. The molecule has 200 valence electrons. The lowest BCUT2D eigenvalue weighted by Gasteiger charge is -2.37. The number of H-pyrrole nitrogens is 1. The number of carbonyl (C=O) groups is 2. The molecule has 5 rings (SSSR count). The van der Waals surface area contributed by atoms with E-state index in [-0.39, 0.29) is 23.2 Å². The predicted octanol–water partition coefficient (Wildman–Crippen LogP) is 4.58. The first-order valence-corrected chi connectivity index (χ1v) is 12.4. The number of aryl methyl sites for hydroxylation is 1. The number of amides is 2. The van der Waals surface area contributed by atoms with Gasteiger partial charge in [0.1, 0.15) is 11.3 Å². The van der Waals surface area contributed by atoms with E-state index in [1.54, 1.807) is 36.5 Å². The number of nitrogens with one attached hydrogen (secondary N) is 2. The van der Waals surface area contributed by atoms with Gasteiger partial charge >= 0.3 is 6.09 Å². The third-order valence-electron chi connectivity index (χ3n) is 6.43. The van der Waals surface area contributed by atoms with Crippen LogP contribution in [0.5, 0.6) is 5.75 Å². The normalized spacial score (nSPS) is 14.3. The standard InChI is InChI=1S/C27H31FN6O4/c1-16-14-34-15-19(23(37-5)21(28)24(34)30-16)31-25(35)18-6-7-20(17-8-9-29-22(17)18)32-10-12-33(13-11-32)26(36)38-27(2,3)4/h6-9,14-15,29H,10-13H2,1-5H3,(H,31,35). The van der Waals surface area contributed by atoms with Crippen molar-refractivity contribution in [1.82, 2.24) is 19.3 Å². The number of pyridine rings is 1. The Labute approximate surface area is 219 Å². The molecule has 0 saturated carbocycles. The van der Waals surface area contributed by atoms with Crippen molar-refractivity contribution in [2.24, 2.45) is 0 Å². The topological polar surface area (TPSA) is 104 Å². The number of benzene rings is 1. The van der Waals surface area contributed by atoms with Crippen molar-refractivity contribution in [3.63, 3.8) is 0 Å². The van der Waals surface area contributed by atoms with Crippen molar-refractivity contribution in [3.05, 3.63) is 53.9 Å². The maximum atomic E-state index is 15.0. The zero-order valence-electron chi connectivity index (χ0n) is 22.1. The van der Waals surface area contributed by atoms with Gasteiger partial charge in [0.05, 0.1) is 23.9 Å². The minimum absolute atomic E-state index is 0.0846. The van der Waals surface area contributed by atoms with Crippen molar-refractivity contribution in [2.45, 2.75) is 33.3 Å². The van der Waals surface area contributed by atoms with Gasteiger partial charge in [0.2, 0.25) is 5.82 Å². The van der Waals surface area contributed by atoms with Crippen LogP contribution in [0.3, 0.4) is 0 Å². The highest BCUT2D eigenvalue weighted by Crippen LogP contribution is 2.33. The highest BCUT2D eigenvalue weighted by Gasteiger charge is 2.27. The number of halogens is 1. The van der Waals surface area contributed by atoms with Crippen LogP contribution in [0.15, 0.2) is 36.8 Å². The molecule has 11 heteroatoms. The molecule has 1 fully saturated rings. The first kappa shape index (κ1) is 25.4. The van der Waals surface area contributed by atoms with Gasteiger partial charge in [-0.2, -0.15) is 4.39 Å². The number of hydrogen-bond acceptors (Lipinski definition) is 6. The van der Waals surface area contributed by atoms with Crippen LogP contribution in [-0.2, 0) is 4.74 Å². The number of carbonyl (C=O) groups excluding carboxylic acids is 2. The summed E-state index contributed by atoms with van der Waals surface area (Å²) in [6.45, 7) is 9.65. The molecule has 1 aliphatic rings. The van der Waals surface area contributed by atoms with E-state index in [4.69, 9.17) is 9.47 Å². The highest BCUT2D eigenvalue weighted by molar-refractivity contribution is 6.14. The number of ether oxygens (including phenoxy) is 2. The van der Waals surface area contributed by atoms with E-state index in [9.17, 15) is 9.59 Å². The summed E-state index contributed by atoms with van der Waals surface area (Å²) in [6, 6.07) is 5.56. The van der Waals surface area contributed by atoms with Crippen LogP contribution in [-0.4, -0.2) is 70.2 Å². The second kappa shape index (κ2) is 9.55. The molecular weight excluding hydrogens is 491 g/mol. The van der Waals surface area contributed by atoms with Gasteiger partial charge in [-0.25, -0.2) is 9.78 Å². The van der Waals surface area contributed by atoms with Crippen molar-refractivity contribution in [2.75, 3.05) is 43.5 Å². The van der Waals surface area contributed by atoms with E-state index in [2.05, 4.69) is 20.2 Å². The fourth-order valence-corrected chi connectivity index (χ4v) is 4.74. The van der Waals surface area contributed by atoms with Crippen molar-refractivity contribution >= 4 is 39.9 Å². The Morgan fingerprint density at radius 3 is 2.53 bits per heavy atom. The molecule has 0 aliphatic carbocycles. The molecule has 2 amide bonds. The third-order valence-corrected chi connectivity index (χ3v) is 6.43. The summed E-state index contributed by atoms with van der Waals surface area (Å²) in [5.41, 5.74) is 2.45. The molecule has 0 unspecified atom stereocenters. The highest BCUT2D eigenvalue weighted by atomic mass is 19.1. The second-order valence-corrected chi connectivity index (χ2v) is 10.3. The summed E-state index contributed by atoms with van der Waals surface area (Å²) in [5.74, 6) is -1.14. The number of hydrogen-bond donors (Lipinski definition) is 2. The first-order chi connectivity index (χ1) is 18.1. The van der Waals surface area contributed by atoms with Gasteiger partial charge < -0.3 is 34.0 Å². The third kappa shape index (κ3) is 4.71. The molecule has 3 aromatic heterocycles. The van der Waals surface area contributed by atoms with Gasteiger partial charge in [-0.1, -0.05) is 0 Å². The van der Waals surface area contributed by atoms with Crippen LogP contribution in [0.4, 0.5) is 20.6 Å². The number of nitrogens with zero attached hydrogens (tertiary/aromatic N) is 4. The number of aromatic amines is 1. The Balaban J connectivity index is 1.37. The molecule has 1 aliphatic heterocycles. The summed E-state index contributed by atoms with van der Waals surface area (Å²) in [5, 5.41) is 3.67. The van der Waals surface area contributed by atoms with Crippen molar-refractivity contribution in [1.29, 1.82) is 0 Å². The molecule has 2 N–H and O–H groups in total. The number of imidazole rings is 1. The largest absolute Gasteiger partial charge is 0.491 e. The van der Waals surface area contributed by atoms with E-state index in [1.165, 1.54) is 11.5 Å². The lowest BCUT2D eigenvalue weighted by molar-refractivity contribution is 0.0240. The van der Waals surface area contributed by atoms with E-state index in [0.717, 1.165) is 11.1 Å². The zero-order valence-corrected chi connectivity index (χ0v) is 22.1. The van der Waals surface area contributed by atoms with Crippen LogP contribution in [0, 0.1) is 12.7 Å². The summed E-state index contributed by atoms with van der Waals surface area (Å²) >= 11 is 0. The van der Waals surface area contributed by atoms with Crippen LogP contribution in [0.2, 0.25) is 0 Å². The first-order valence-electron chi connectivity index (χ1n) is 12.4. The van der Waals surface area contributed by atoms with Crippen LogP contribution in [0.25, 0.3) is 16.6 Å². The van der Waals surface area contributed by atoms with Crippen molar-refractivity contribution in [3.8, 4) is 5.75 Å². The van der Waals surface area contributed by atoms with Gasteiger partial charge in [-0.05, 0) is 45.9 Å². The Hall–Kier alpha value is -4.28. The average molecular weight is 523 g/mol. The van der Waals surface area contributed by atoms with Crippen LogP contribution >= 0.6 is 0 Å². The molecule has 0 spiro atoms. The average Bonchev–Trinajstić information content (AvgIpc) is 3.49. The minimum atomic E-state index is -0.649. The predicted molar refractivity (Wildman–Crippen MR) is 143 cm³/mol. The fourth-order valence-electron chi connectivity index (χ4n) is 4.74. The number of fused-ring (bicyclic) bond motifs is 2. The van der Waals surface area contributed by atoms with Gasteiger partial charge in [0.25, 0.3) is 5.91 Å². The van der Waals surface area contributed by atoms with E-state index >= 15 is 4.39 Å². The van der Waals surface area contributed by atoms with Crippen LogP contribution < -0.4 is 15.0 Å². The van der Waals surface area contributed by atoms with Crippen molar-refractivity contribution < 1.29 is 23.5 Å². The minimum Gasteiger partial charge on any atom is -0.491 e. The second-order valence-electron chi connectivity index (χ2n) is 10.3. The lowest BCUT2D eigenvalue weighted by atomic mass is 10.1. The zero-order chi connectivity index (χ0) is 27.2. The van der Waals surface area contributed by atoms with Gasteiger partial charge in [0.15, 0.2) is 11.4 Å². The number of piperazine rings is 1. The van der Waals surface area contributed by atoms with Gasteiger partial charge in [-0.3, -0.25) is 4.79 Å². The van der Waals surface area contributed by atoms with Gasteiger partial charge in [0, 0.05) is 55.8 Å². The number of anilines is 2. The molecule has 4 aromatic rings. The smallest absolute Gasteiger partial charge is 0.410 e. The van der Waals surface area contributed by atoms with E-state index < -0.39 is 17.3 Å². The van der Waals surface area contributed by atoms with E-state index in [1.807, 2.05) is 32.9 Å². The molecular formula is C27H31FN6O4. The summed E-state index contributed by atoms with van der Waals surface area (Å²) in [7, 11) is 1.35. The summed E-state index contributed by atoms with van der Waals surface area (Å²) < 4.78 is 27.3. The quantitative estimate of drug-likeness (QED) is 0.407. The fraction of sp³-hybridized carbons (Fsp3) is 0.370. The Morgan fingerprint density at radius 2 is 1.84 bits per heavy atom. The Bertz CT molecular complexity index is 1530. The maximum Gasteiger partial charge on any atom is 0.410 e. The summed E-state index contributed by atoms with van der Waals surface area (Å²) in [6.07, 6.45) is 4.72. The molecule has 4 heterocycles. The molecule has 10 nitrogen and oxygen atoms in total. The number of methoxy groups -OCH3 is 1. The molecule has 38 heavy (non-hydrogen) atoms. The number of rotatable bonds is 4. The summed E-state index contributed by atoms with van der Waals surface area (Å²) in [4.78, 5) is 37.0. The lowest BCUT2D eigenvalue weighted by Crippen LogP contribution is -2.50. The molecule has 0 radical (unpaired) electrons. The van der Waals surface area contributed by atoms with Crippen LogP contribution in [0.1, 0.15) is 36.8 Å². The Morgan fingerprint density at radius 1 is 1.11 bits per heavy atom. The molecule has 0 atom stereocenters.